The lowest BCUT2D eigenvalue weighted by atomic mass is 9.82. The van der Waals surface area contributed by atoms with Gasteiger partial charge in [-0.15, -0.1) is 24.0 Å². The summed E-state index contributed by atoms with van der Waals surface area (Å²) < 4.78 is 0. The third kappa shape index (κ3) is 6.09. The van der Waals surface area contributed by atoms with Crippen LogP contribution in [0.1, 0.15) is 50.5 Å². The van der Waals surface area contributed by atoms with Gasteiger partial charge in [-0.25, -0.2) is 4.99 Å². The average molecular weight is 498 g/mol. The molecule has 1 aliphatic heterocycles. The molecule has 0 radical (unpaired) electrons. The van der Waals surface area contributed by atoms with Crippen LogP contribution >= 0.6 is 24.0 Å². The van der Waals surface area contributed by atoms with E-state index in [1.54, 1.807) is 19.0 Å². The maximum Gasteiger partial charge on any atom is 0.243 e. The van der Waals surface area contributed by atoms with Crippen LogP contribution < -0.4 is 5.32 Å². The van der Waals surface area contributed by atoms with Crippen LogP contribution in [0.4, 0.5) is 0 Å². The molecular weight excluding hydrogens is 463 g/mol. The van der Waals surface area contributed by atoms with E-state index in [-0.39, 0.29) is 36.4 Å². The lowest BCUT2D eigenvalue weighted by Gasteiger charge is -2.39. The van der Waals surface area contributed by atoms with Gasteiger partial charge in [-0.3, -0.25) is 4.79 Å². The third-order valence-corrected chi connectivity index (χ3v) is 5.98. The first kappa shape index (κ1) is 23.0. The molecule has 1 aromatic rings. The van der Waals surface area contributed by atoms with Crippen LogP contribution in [0.5, 0.6) is 0 Å². The van der Waals surface area contributed by atoms with E-state index in [4.69, 9.17) is 4.99 Å². The van der Waals surface area contributed by atoms with Crippen molar-refractivity contribution in [3.05, 3.63) is 35.9 Å². The van der Waals surface area contributed by atoms with Crippen LogP contribution in [0.3, 0.4) is 0 Å². The van der Waals surface area contributed by atoms with Gasteiger partial charge in [0, 0.05) is 33.2 Å². The van der Waals surface area contributed by atoms with Crippen molar-refractivity contribution in [2.24, 2.45) is 10.9 Å². The molecule has 1 aliphatic carbocycles. The largest absolute Gasteiger partial charge is 0.353 e. The molecule has 156 valence electrons. The second-order valence-corrected chi connectivity index (χ2v) is 8.28. The number of carbonyl (C=O) groups is 1. The van der Waals surface area contributed by atoms with Gasteiger partial charge in [-0.2, -0.15) is 0 Å². The quantitative estimate of drug-likeness (QED) is 0.391. The first-order chi connectivity index (χ1) is 13.0. The Kier molecular flexibility index (Phi) is 9.05. The number of aliphatic imine (C=N–C) groups is 1. The molecule has 1 aromatic carbocycles. The Hall–Kier alpha value is -1.31. The second kappa shape index (κ2) is 11.0. The molecule has 2 fully saturated rings. The third-order valence-electron chi connectivity index (χ3n) is 5.98. The van der Waals surface area contributed by atoms with E-state index in [1.165, 1.54) is 31.2 Å². The Morgan fingerprint density at radius 1 is 1.18 bits per heavy atom. The van der Waals surface area contributed by atoms with E-state index in [0.29, 0.717) is 17.9 Å². The minimum atomic E-state index is 0. The molecule has 1 saturated carbocycles. The molecule has 5 nitrogen and oxygen atoms in total. The van der Waals surface area contributed by atoms with Gasteiger partial charge in [-0.05, 0) is 36.7 Å². The van der Waals surface area contributed by atoms with E-state index in [0.717, 1.165) is 25.5 Å². The van der Waals surface area contributed by atoms with Crippen LogP contribution in [0.2, 0.25) is 0 Å². The number of rotatable bonds is 4. The highest BCUT2D eigenvalue weighted by atomic mass is 127. The van der Waals surface area contributed by atoms with E-state index in [9.17, 15) is 4.79 Å². The predicted octanol–water partition coefficient (Wildman–Crippen LogP) is 3.71. The number of piperidine rings is 1. The van der Waals surface area contributed by atoms with E-state index >= 15 is 0 Å². The maximum absolute atomic E-state index is 12.0. The summed E-state index contributed by atoms with van der Waals surface area (Å²) in [7, 11) is 3.57. The predicted molar refractivity (Wildman–Crippen MR) is 126 cm³/mol. The van der Waals surface area contributed by atoms with Gasteiger partial charge in [0.25, 0.3) is 0 Å². The van der Waals surface area contributed by atoms with Gasteiger partial charge >= 0.3 is 0 Å². The number of hydrogen-bond acceptors (Lipinski definition) is 2. The lowest BCUT2D eigenvalue weighted by Crippen LogP contribution is -2.50. The number of benzene rings is 1. The molecule has 3 rings (SSSR count). The number of likely N-dealkylation sites (tertiary alicyclic amines) is 1. The first-order valence-corrected chi connectivity index (χ1v) is 10.4. The Balaban J connectivity index is 0.00000280. The molecule has 1 saturated heterocycles. The summed E-state index contributed by atoms with van der Waals surface area (Å²) in [6.45, 7) is 4.52. The normalized spacial score (nSPS) is 23.2. The number of nitrogens with one attached hydrogen (secondary N) is 1. The number of nitrogens with zero attached hydrogens (tertiary/aromatic N) is 3. The smallest absolute Gasteiger partial charge is 0.243 e. The molecule has 6 heteroatoms. The van der Waals surface area contributed by atoms with Crippen LogP contribution in [-0.2, 0) is 4.79 Å². The van der Waals surface area contributed by atoms with Crippen LogP contribution in [0.15, 0.2) is 35.3 Å². The zero-order chi connectivity index (χ0) is 19.2. The van der Waals surface area contributed by atoms with Crippen LogP contribution in [0, 0.1) is 5.92 Å². The zero-order valence-electron chi connectivity index (χ0n) is 17.4. The summed E-state index contributed by atoms with van der Waals surface area (Å²) in [4.78, 5) is 20.7. The number of likely N-dealkylation sites (N-methyl/N-ethyl adjacent to an activating group) is 1. The van der Waals surface area contributed by atoms with Crippen molar-refractivity contribution in [1.29, 1.82) is 0 Å². The monoisotopic (exact) mass is 498 g/mol. The molecule has 28 heavy (non-hydrogen) atoms. The lowest BCUT2D eigenvalue weighted by molar-refractivity contribution is -0.127. The molecule has 2 aliphatic rings. The molecule has 1 N–H and O–H groups in total. The highest BCUT2D eigenvalue weighted by molar-refractivity contribution is 14.0. The van der Waals surface area contributed by atoms with Crippen molar-refractivity contribution in [2.75, 3.05) is 33.7 Å². The minimum absolute atomic E-state index is 0. The molecule has 1 amide bonds. The van der Waals surface area contributed by atoms with Gasteiger partial charge in [0.2, 0.25) is 5.91 Å². The summed E-state index contributed by atoms with van der Waals surface area (Å²) in [5.41, 5.74) is 1.44. The molecule has 0 bridgehead atoms. The Labute approximate surface area is 187 Å². The summed E-state index contributed by atoms with van der Waals surface area (Å²) in [5, 5.41) is 3.66. The number of guanidine groups is 1. The van der Waals surface area contributed by atoms with Crippen LogP contribution in [-0.4, -0.2) is 61.4 Å². The topological polar surface area (TPSA) is 47.9 Å². The van der Waals surface area contributed by atoms with Gasteiger partial charge in [0.1, 0.15) is 6.54 Å². The Bertz CT molecular complexity index is 643. The van der Waals surface area contributed by atoms with Crippen molar-refractivity contribution in [3.8, 4) is 0 Å². The summed E-state index contributed by atoms with van der Waals surface area (Å²) in [6, 6.07) is 11.4. The van der Waals surface area contributed by atoms with Crippen LogP contribution in [0.25, 0.3) is 0 Å². The fourth-order valence-electron chi connectivity index (χ4n) is 4.31. The van der Waals surface area contributed by atoms with Gasteiger partial charge in [-0.1, -0.05) is 50.1 Å². The Morgan fingerprint density at radius 3 is 2.46 bits per heavy atom. The molecular formula is C22H35IN4O. The van der Waals surface area contributed by atoms with Crippen molar-refractivity contribution >= 4 is 35.8 Å². The highest BCUT2D eigenvalue weighted by Crippen LogP contribution is 2.32. The molecule has 0 spiro atoms. The van der Waals surface area contributed by atoms with E-state index < -0.39 is 0 Å². The fourth-order valence-corrected chi connectivity index (χ4v) is 4.31. The zero-order valence-corrected chi connectivity index (χ0v) is 19.8. The minimum Gasteiger partial charge on any atom is -0.353 e. The summed E-state index contributed by atoms with van der Waals surface area (Å²) in [6.07, 6.45) is 6.10. The standard InChI is InChI=1S/C22H34N4O.HI/c1-17-16-26(14-13-20(17)18-9-5-4-6-10-18)22(23-15-21(27)25(2)3)24-19-11-7-8-12-19;/h4-6,9-10,17,19-20H,7-8,11-16H2,1-3H3,(H,23,24);1H. The fraction of sp³-hybridized carbons (Fsp3) is 0.636. The average Bonchev–Trinajstić information content (AvgIpc) is 3.18. The van der Waals surface area contributed by atoms with Crippen molar-refractivity contribution < 1.29 is 4.79 Å². The number of halogens is 1. The molecule has 2 unspecified atom stereocenters. The Morgan fingerprint density at radius 2 is 1.86 bits per heavy atom. The molecule has 0 aromatic heterocycles. The number of hydrogen-bond donors (Lipinski definition) is 1. The van der Waals surface area contributed by atoms with Gasteiger partial charge < -0.3 is 15.1 Å². The van der Waals surface area contributed by atoms with E-state index in [1.807, 2.05) is 0 Å². The highest BCUT2D eigenvalue weighted by Gasteiger charge is 2.30. The SMILES string of the molecule is CC1CN(C(=NCC(=O)N(C)C)NC2CCCC2)CCC1c1ccccc1.I. The molecule has 1 heterocycles. The molecule has 2 atom stereocenters. The maximum atomic E-state index is 12.0. The van der Waals surface area contributed by atoms with Crippen molar-refractivity contribution in [1.82, 2.24) is 15.1 Å². The van der Waals surface area contributed by atoms with Crippen molar-refractivity contribution in [3.63, 3.8) is 0 Å². The van der Waals surface area contributed by atoms with Crippen molar-refractivity contribution in [2.45, 2.75) is 51.0 Å². The summed E-state index contributed by atoms with van der Waals surface area (Å²) >= 11 is 0. The summed E-state index contributed by atoms with van der Waals surface area (Å²) in [5.74, 6) is 2.13. The number of carbonyl (C=O) groups excluding carboxylic acids is 1. The van der Waals surface area contributed by atoms with Gasteiger partial charge in [0.05, 0.1) is 0 Å². The van der Waals surface area contributed by atoms with E-state index in [2.05, 4.69) is 47.5 Å². The first-order valence-electron chi connectivity index (χ1n) is 10.4. The van der Waals surface area contributed by atoms with Gasteiger partial charge in [0.15, 0.2) is 5.96 Å². The number of amides is 1. The second-order valence-electron chi connectivity index (χ2n) is 8.28.